The summed E-state index contributed by atoms with van der Waals surface area (Å²) in [5.74, 6) is -2.20. The van der Waals surface area contributed by atoms with Crippen molar-refractivity contribution in [1.29, 1.82) is 0 Å². The van der Waals surface area contributed by atoms with Gasteiger partial charge in [0.1, 0.15) is 6.02 Å². The van der Waals surface area contributed by atoms with E-state index >= 15 is 0 Å². The highest BCUT2D eigenvalue weighted by Crippen LogP contribution is 1.92. The third kappa shape index (κ3) is 5.48. The first-order valence-corrected chi connectivity index (χ1v) is 2.71. The second kappa shape index (κ2) is 5.36. The highest BCUT2D eigenvalue weighted by Gasteiger charge is 2.09. The number of hydrogen-bond donors (Lipinski definition) is 4. The molecule has 0 heterocycles. The molecule has 6 heteroatoms. The molecule has 0 rings (SSSR count). The molecule has 0 saturated heterocycles. The zero-order chi connectivity index (χ0) is 15.9. The van der Waals surface area contributed by atoms with Crippen LogP contribution in [0.2, 0.25) is 0 Å². The van der Waals surface area contributed by atoms with E-state index in [0.717, 1.165) is 0 Å². The quantitative estimate of drug-likeness (QED) is 0.429. The van der Waals surface area contributed by atoms with Gasteiger partial charge in [-0.15, -0.1) is 0 Å². The molecule has 0 aromatic carbocycles. The Morgan fingerprint density at radius 3 is 2.75 bits per heavy atom. The number of urea groups is 1. The second-order valence-corrected chi connectivity index (χ2v) is 1.58. The summed E-state index contributed by atoms with van der Waals surface area (Å²) in [6.07, 6.45) is -7.33. The minimum Gasteiger partial charge on any atom is -0.480 e. The zero-order valence-corrected chi connectivity index (χ0v) is 5.92. The van der Waals surface area contributed by atoms with Crippen molar-refractivity contribution >= 4 is 12.0 Å². The largest absolute Gasteiger partial charge is 0.480 e. The summed E-state index contributed by atoms with van der Waals surface area (Å²) < 4.78 is 51.0. The Kier molecular flexibility index (Phi) is 1.61. The summed E-state index contributed by atoms with van der Waals surface area (Å²) in [5.41, 5.74) is 9.51. The van der Waals surface area contributed by atoms with E-state index < -0.39 is 37.3 Å². The first-order valence-electron chi connectivity index (χ1n) is 6.21. The van der Waals surface area contributed by atoms with E-state index in [9.17, 15) is 9.59 Å². The minimum atomic E-state index is -3.68. The second-order valence-electron chi connectivity index (χ2n) is 1.58. The van der Waals surface area contributed by atoms with E-state index in [1.165, 1.54) is 5.32 Å². The Balaban J connectivity index is 5.75. The van der Waals surface area contributed by atoms with Crippen LogP contribution in [-0.2, 0) is 4.79 Å². The van der Waals surface area contributed by atoms with Gasteiger partial charge < -0.3 is 21.9 Å². The van der Waals surface area contributed by atoms with Crippen LogP contribution in [0.3, 0.4) is 0 Å². The first-order chi connectivity index (χ1) is 8.11. The van der Waals surface area contributed by atoms with Gasteiger partial charge >= 0.3 is 12.0 Å². The number of amides is 2. The molecular weight excluding hydrogens is 162 g/mol. The van der Waals surface area contributed by atoms with Gasteiger partial charge in [0, 0.05) is 14.7 Å². The standard InChI is InChI=1S/C6H13N3O3/c7-4(5(10)11)2-1-3-9-6(8)12/h4H,1-3,7H2,(H,10,11)(H3,8,9,12)/t4-/m0/s1/i1D2,2D2,3D2,4D. The number of carbonyl (C=O) groups excluding carboxylic acids is 1. The highest BCUT2D eigenvalue weighted by atomic mass is 16.4. The molecule has 12 heavy (non-hydrogen) atoms. The van der Waals surface area contributed by atoms with Crippen LogP contribution in [0, 0.1) is 0 Å². The predicted octanol–water partition coefficient (Wildman–Crippen LogP) is -1.15. The Hall–Kier alpha value is -1.30. The molecule has 6 nitrogen and oxygen atoms in total. The van der Waals surface area contributed by atoms with Crippen LogP contribution in [-0.4, -0.2) is 29.6 Å². The van der Waals surface area contributed by atoms with Gasteiger partial charge in [-0.25, -0.2) is 4.79 Å². The SMILES string of the molecule is [2H]C([2H])(NC(N)=O)C([2H])([2H])C([2H])([2H])[C@]([2H])(N)C(=O)O. The topological polar surface area (TPSA) is 118 Å². The maximum atomic E-state index is 10.7. The zero-order valence-electron chi connectivity index (χ0n) is 12.9. The average Bonchev–Trinajstić information content (AvgIpc) is 2.14. The molecule has 0 saturated carbocycles. The van der Waals surface area contributed by atoms with Crippen molar-refractivity contribution in [1.82, 2.24) is 5.32 Å². The van der Waals surface area contributed by atoms with Gasteiger partial charge in [0.2, 0.25) is 0 Å². The molecule has 0 aromatic rings. The molecule has 0 fully saturated rings. The summed E-state index contributed by atoms with van der Waals surface area (Å²) in [4.78, 5) is 21.3. The fourth-order valence-electron chi connectivity index (χ4n) is 0.245. The molecule has 0 unspecified atom stereocenters. The number of primary amides is 1. The molecule has 0 bridgehead atoms. The van der Waals surface area contributed by atoms with Crippen molar-refractivity contribution in [2.45, 2.75) is 18.8 Å². The molecule has 1 atom stereocenters. The van der Waals surface area contributed by atoms with E-state index in [1.807, 2.05) is 0 Å². The Labute approximate surface area is 79.7 Å². The molecule has 6 N–H and O–H groups in total. The molecule has 2 amide bonds. The number of carboxylic acids is 1. The van der Waals surface area contributed by atoms with Crippen molar-refractivity contribution in [2.24, 2.45) is 11.5 Å². The van der Waals surface area contributed by atoms with Crippen LogP contribution >= 0.6 is 0 Å². The van der Waals surface area contributed by atoms with Crippen molar-refractivity contribution in [3.63, 3.8) is 0 Å². The number of carboxylic acid groups (broad SMARTS) is 1. The van der Waals surface area contributed by atoms with Crippen LogP contribution < -0.4 is 16.8 Å². The fraction of sp³-hybridized carbons (Fsp3) is 0.667. The summed E-state index contributed by atoms with van der Waals surface area (Å²) >= 11 is 0. The van der Waals surface area contributed by atoms with E-state index in [-0.39, 0.29) is 0 Å². The Morgan fingerprint density at radius 2 is 2.33 bits per heavy atom. The minimum absolute atomic E-state index is 1.30. The predicted molar refractivity (Wildman–Crippen MR) is 42.4 cm³/mol. The first kappa shape index (κ1) is 3.61. The molecule has 0 aromatic heterocycles. The highest BCUT2D eigenvalue weighted by molar-refractivity contribution is 5.73. The number of nitrogens with two attached hydrogens (primary N) is 2. The van der Waals surface area contributed by atoms with Gasteiger partial charge in [0.15, 0.2) is 0 Å². The molecule has 0 aliphatic carbocycles. The van der Waals surface area contributed by atoms with Crippen LogP contribution in [0.4, 0.5) is 4.79 Å². The van der Waals surface area contributed by atoms with Crippen molar-refractivity contribution in [2.75, 3.05) is 6.50 Å². The van der Waals surface area contributed by atoms with Gasteiger partial charge in [-0.05, 0) is 12.7 Å². The van der Waals surface area contributed by atoms with E-state index in [0.29, 0.717) is 0 Å². The number of aliphatic carboxylic acids is 1. The van der Waals surface area contributed by atoms with Gasteiger partial charge in [0.05, 0.1) is 1.37 Å². The van der Waals surface area contributed by atoms with Crippen LogP contribution in [0.25, 0.3) is 0 Å². The summed E-state index contributed by atoms with van der Waals surface area (Å²) in [7, 11) is 0. The number of nitrogens with one attached hydrogen (secondary N) is 1. The van der Waals surface area contributed by atoms with Gasteiger partial charge in [0.25, 0.3) is 0 Å². The Morgan fingerprint density at radius 1 is 1.75 bits per heavy atom. The molecule has 70 valence electrons. The summed E-state index contributed by atoms with van der Waals surface area (Å²) in [5, 5.41) is 9.94. The van der Waals surface area contributed by atoms with Crippen molar-refractivity contribution in [3.05, 3.63) is 0 Å². The molecule has 0 aliphatic rings. The molecule has 0 radical (unpaired) electrons. The van der Waals surface area contributed by atoms with E-state index in [1.54, 1.807) is 0 Å². The normalized spacial score (nSPS) is 26.9. The number of carbonyl (C=O) groups is 2. The summed E-state index contributed by atoms with van der Waals surface area (Å²) in [6.45, 7) is -3.39. The third-order valence-electron chi connectivity index (χ3n) is 0.676. The summed E-state index contributed by atoms with van der Waals surface area (Å²) in [6, 6.07) is -4.98. The fourth-order valence-corrected chi connectivity index (χ4v) is 0.245. The lowest BCUT2D eigenvalue weighted by atomic mass is 10.2. The third-order valence-corrected chi connectivity index (χ3v) is 0.676. The van der Waals surface area contributed by atoms with Gasteiger partial charge in [-0.3, -0.25) is 4.79 Å². The number of rotatable bonds is 5. The van der Waals surface area contributed by atoms with Crippen LogP contribution in [0.5, 0.6) is 0 Å². The van der Waals surface area contributed by atoms with Gasteiger partial charge in [-0.2, -0.15) is 0 Å². The maximum absolute atomic E-state index is 10.7. The van der Waals surface area contributed by atoms with E-state index in [4.69, 9.17) is 20.4 Å². The maximum Gasteiger partial charge on any atom is 0.320 e. The monoisotopic (exact) mass is 182 g/mol. The lowest BCUT2D eigenvalue weighted by Crippen LogP contribution is -2.33. The lowest BCUT2D eigenvalue weighted by Gasteiger charge is -2.05. The van der Waals surface area contributed by atoms with Crippen molar-refractivity contribution in [3.8, 4) is 0 Å². The van der Waals surface area contributed by atoms with Gasteiger partial charge in [-0.1, -0.05) is 0 Å². The molecule has 0 aliphatic heterocycles. The van der Waals surface area contributed by atoms with Crippen molar-refractivity contribution < 1.29 is 24.3 Å². The Bertz CT molecular complexity index is 398. The van der Waals surface area contributed by atoms with Crippen LogP contribution in [0.15, 0.2) is 0 Å². The molecule has 0 spiro atoms. The smallest absolute Gasteiger partial charge is 0.320 e. The average molecular weight is 182 g/mol. The molecular formula is C6H13N3O3. The van der Waals surface area contributed by atoms with Crippen LogP contribution in [0.1, 0.15) is 22.3 Å². The van der Waals surface area contributed by atoms with E-state index in [2.05, 4.69) is 5.73 Å². The lowest BCUT2D eigenvalue weighted by molar-refractivity contribution is -0.138. The number of hydrogen-bond acceptors (Lipinski definition) is 3.